The number of methoxy groups -OCH3 is 1. The predicted molar refractivity (Wildman–Crippen MR) is 118 cm³/mol. The lowest BCUT2D eigenvalue weighted by Gasteiger charge is -2.14. The van der Waals surface area contributed by atoms with Gasteiger partial charge < -0.3 is 23.7 Å². The first-order valence-corrected chi connectivity index (χ1v) is 9.90. The van der Waals surface area contributed by atoms with Gasteiger partial charge in [0.25, 0.3) is 0 Å². The minimum Gasteiger partial charge on any atom is -0.497 e. The molecule has 3 aromatic rings. The lowest BCUT2D eigenvalue weighted by Crippen LogP contribution is -2.19. The van der Waals surface area contributed by atoms with E-state index in [1.54, 1.807) is 31.2 Å². The normalized spacial score (nSPS) is 11.0. The topological polar surface area (TPSA) is 123 Å². The van der Waals surface area contributed by atoms with Crippen LogP contribution in [0.5, 0.6) is 23.3 Å². The first-order chi connectivity index (χ1) is 16.4. The minimum absolute atomic E-state index is 0.0617. The number of ether oxygens (including phenoxy) is 5. The average Bonchev–Trinajstić information content (AvgIpc) is 2.85. The molecule has 0 amide bonds. The van der Waals surface area contributed by atoms with Crippen LogP contribution in [0.15, 0.2) is 73.3 Å². The van der Waals surface area contributed by atoms with Crippen LogP contribution in [0.25, 0.3) is 0 Å². The first kappa shape index (κ1) is 23.9. The minimum atomic E-state index is -0.837. The fourth-order valence-corrected chi connectivity index (χ4v) is 2.55. The molecule has 34 heavy (non-hydrogen) atoms. The molecule has 0 aliphatic heterocycles. The molecule has 1 heterocycles. The molecule has 1 unspecified atom stereocenters. The van der Waals surface area contributed by atoms with Crippen LogP contribution in [0.4, 0.5) is 0 Å². The zero-order valence-electron chi connectivity index (χ0n) is 18.3. The summed E-state index contributed by atoms with van der Waals surface area (Å²) in [6, 6.07) is 15.0. The summed E-state index contributed by atoms with van der Waals surface area (Å²) in [4.78, 5) is 35.7. The highest BCUT2D eigenvalue weighted by molar-refractivity contribution is 5.91. The second-order valence-electron chi connectivity index (χ2n) is 6.57. The van der Waals surface area contributed by atoms with Gasteiger partial charge in [0.2, 0.25) is 18.1 Å². The van der Waals surface area contributed by atoms with Gasteiger partial charge in [-0.15, -0.1) is 10.2 Å². The van der Waals surface area contributed by atoms with Gasteiger partial charge >= 0.3 is 17.9 Å². The first-order valence-electron chi connectivity index (χ1n) is 9.90. The third-order valence-corrected chi connectivity index (χ3v) is 4.18. The smallest absolute Gasteiger partial charge is 0.344 e. The highest BCUT2D eigenvalue weighted by Crippen LogP contribution is 2.18. The second kappa shape index (κ2) is 11.2. The van der Waals surface area contributed by atoms with Gasteiger partial charge in [0.1, 0.15) is 11.5 Å². The Morgan fingerprint density at radius 1 is 0.794 bits per heavy atom. The Hall–Kier alpha value is -4.73. The molecule has 0 saturated heterocycles. The number of nitrogens with zero attached hydrogens (tertiary/aromatic N) is 2. The molecule has 1 atom stereocenters. The Labute approximate surface area is 194 Å². The van der Waals surface area contributed by atoms with Crippen LogP contribution in [0.3, 0.4) is 0 Å². The molecular weight excluding hydrogens is 444 g/mol. The maximum atomic E-state index is 12.3. The van der Waals surface area contributed by atoms with E-state index >= 15 is 0 Å². The summed E-state index contributed by atoms with van der Waals surface area (Å²) in [5, 5.41) is 7.48. The number of carbonyl (C=O) groups is 3. The fraction of sp³-hybridized carbons (Fsp3) is 0.125. The largest absolute Gasteiger partial charge is 0.497 e. The third kappa shape index (κ3) is 6.63. The van der Waals surface area contributed by atoms with Gasteiger partial charge in [-0.1, -0.05) is 6.58 Å². The summed E-state index contributed by atoms with van der Waals surface area (Å²) >= 11 is 0. The molecule has 2 aromatic carbocycles. The summed E-state index contributed by atoms with van der Waals surface area (Å²) in [7, 11) is 1.52. The molecule has 1 aromatic heterocycles. The Bertz CT molecular complexity index is 1160. The molecule has 0 fully saturated rings. The molecule has 0 aliphatic rings. The van der Waals surface area contributed by atoms with Gasteiger partial charge in [0, 0.05) is 25.1 Å². The van der Waals surface area contributed by atoms with Crippen molar-refractivity contribution in [3.05, 3.63) is 84.4 Å². The Morgan fingerprint density at radius 2 is 1.26 bits per heavy atom. The molecular formula is C24H20N2O8. The Morgan fingerprint density at radius 3 is 1.68 bits per heavy atom. The van der Waals surface area contributed by atoms with E-state index in [2.05, 4.69) is 16.8 Å². The molecule has 3 rings (SSSR count). The van der Waals surface area contributed by atoms with Crippen LogP contribution in [0.1, 0.15) is 27.6 Å². The third-order valence-electron chi connectivity index (χ3n) is 4.18. The SMILES string of the molecule is C=CC(=O)OC(C)Oc1ccc(C(=O)Oc2ccc(OC(=O)c3ccc(OC)cc3)nn2)cc1. The lowest BCUT2D eigenvalue weighted by atomic mass is 10.2. The number of hydrogen-bond donors (Lipinski definition) is 0. The van der Waals surface area contributed by atoms with Crippen molar-refractivity contribution >= 4 is 17.9 Å². The molecule has 10 nitrogen and oxygen atoms in total. The van der Waals surface area contributed by atoms with Crippen molar-refractivity contribution in [1.29, 1.82) is 0 Å². The standard InChI is InChI=1S/C24H20N2O8/c1-4-22(27)32-15(2)31-19-11-7-17(8-12-19)24(29)34-21-14-13-20(25-26-21)33-23(28)16-5-9-18(30-3)10-6-16/h4-15H,1H2,2-3H3. The maximum absolute atomic E-state index is 12.3. The summed E-state index contributed by atoms with van der Waals surface area (Å²) < 4.78 is 25.7. The summed E-state index contributed by atoms with van der Waals surface area (Å²) in [5.41, 5.74) is 0.527. The molecule has 10 heteroatoms. The van der Waals surface area contributed by atoms with Crippen molar-refractivity contribution in [2.45, 2.75) is 13.2 Å². The van der Waals surface area contributed by atoms with E-state index in [1.807, 2.05) is 0 Å². The quantitative estimate of drug-likeness (QED) is 0.264. The monoisotopic (exact) mass is 464 g/mol. The van der Waals surface area contributed by atoms with E-state index < -0.39 is 24.2 Å². The molecule has 174 valence electrons. The summed E-state index contributed by atoms with van der Waals surface area (Å²) in [6.45, 7) is 4.85. The molecule has 0 bridgehead atoms. The molecule has 0 aliphatic carbocycles. The van der Waals surface area contributed by atoms with Gasteiger partial charge in [-0.3, -0.25) is 0 Å². The van der Waals surface area contributed by atoms with Crippen molar-refractivity contribution in [2.24, 2.45) is 0 Å². The van der Waals surface area contributed by atoms with Gasteiger partial charge in [0.15, 0.2) is 0 Å². The molecule has 0 N–H and O–H groups in total. The molecule has 0 saturated carbocycles. The van der Waals surface area contributed by atoms with Gasteiger partial charge in [0.05, 0.1) is 18.2 Å². The van der Waals surface area contributed by atoms with E-state index in [1.165, 1.54) is 43.5 Å². The number of rotatable bonds is 9. The van der Waals surface area contributed by atoms with Gasteiger partial charge in [-0.25, -0.2) is 14.4 Å². The van der Waals surface area contributed by atoms with Crippen LogP contribution in [0.2, 0.25) is 0 Å². The summed E-state index contributed by atoms with van der Waals surface area (Å²) in [6.07, 6.45) is 0.190. The van der Waals surface area contributed by atoms with Crippen molar-refractivity contribution in [1.82, 2.24) is 10.2 Å². The Kier molecular flexibility index (Phi) is 7.90. The summed E-state index contributed by atoms with van der Waals surface area (Å²) in [5.74, 6) is -1.09. The highest BCUT2D eigenvalue weighted by Gasteiger charge is 2.14. The highest BCUT2D eigenvalue weighted by atomic mass is 16.7. The average molecular weight is 464 g/mol. The van der Waals surface area contributed by atoms with E-state index in [9.17, 15) is 14.4 Å². The zero-order chi connectivity index (χ0) is 24.5. The number of benzene rings is 2. The number of esters is 3. The van der Waals surface area contributed by atoms with E-state index in [0.29, 0.717) is 17.1 Å². The second-order valence-corrected chi connectivity index (χ2v) is 6.57. The van der Waals surface area contributed by atoms with Crippen LogP contribution >= 0.6 is 0 Å². The Balaban J connectivity index is 1.54. The number of hydrogen-bond acceptors (Lipinski definition) is 10. The van der Waals surface area contributed by atoms with E-state index in [0.717, 1.165) is 6.08 Å². The van der Waals surface area contributed by atoms with Gasteiger partial charge in [-0.2, -0.15) is 0 Å². The predicted octanol–water partition coefficient (Wildman–Crippen LogP) is 3.38. The number of carbonyl (C=O) groups excluding carboxylic acids is 3. The molecule has 0 spiro atoms. The van der Waals surface area contributed by atoms with Crippen molar-refractivity contribution in [3.8, 4) is 23.3 Å². The van der Waals surface area contributed by atoms with Crippen LogP contribution in [-0.2, 0) is 9.53 Å². The van der Waals surface area contributed by atoms with Crippen LogP contribution in [-0.4, -0.2) is 41.5 Å². The van der Waals surface area contributed by atoms with Crippen LogP contribution < -0.4 is 18.9 Å². The van der Waals surface area contributed by atoms with Crippen molar-refractivity contribution in [3.63, 3.8) is 0 Å². The maximum Gasteiger partial charge on any atom is 0.344 e. The van der Waals surface area contributed by atoms with Crippen molar-refractivity contribution < 1.29 is 38.1 Å². The van der Waals surface area contributed by atoms with Gasteiger partial charge in [-0.05, 0) is 48.5 Å². The van der Waals surface area contributed by atoms with Crippen molar-refractivity contribution in [2.75, 3.05) is 7.11 Å². The zero-order valence-corrected chi connectivity index (χ0v) is 18.3. The van der Waals surface area contributed by atoms with E-state index in [-0.39, 0.29) is 17.3 Å². The molecule has 0 radical (unpaired) electrons. The fourth-order valence-electron chi connectivity index (χ4n) is 2.55. The number of aromatic nitrogens is 2. The van der Waals surface area contributed by atoms with Crippen LogP contribution in [0, 0.1) is 0 Å². The van der Waals surface area contributed by atoms with E-state index in [4.69, 9.17) is 23.7 Å². The lowest BCUT2D eigenvalue weighted by molar-refractivity contribution is -0.154.